The smallest absolute Gasteiger partial charge is 0.266 e. The molecule has 0 radical (unpaired) electrons. The minimum atomic E-state index is -0.192. The van der Waals surface area contributed by atoms with Crippen LogP contribution in [-0.2, 0) is 0 Å². The van der Waals surface area contributed by atoms with Crippen LogP contribution in [0.4, 0.5) is 0 Å². The van der Waals surface area contributed by atoms with Gasteiger partial charge in [0.2, 0.25) is 5.78 Å². The van der Waals surface area contributed by atoms with Crippen molar-refractivity contribution in [2.24, 2.45) is 0 Å². The largest absolute Gasteiger partial charge is 0.285 e. The van der Waals surface area contributed by atoms with Gasteiger partial charge in [-0.05, 0) is 49.2 Å². The van der Waals surface area contributed by atoms with Crippen LogP contribution in [0.3, 0.4) is 0 Å². The van der Waals surface area contributed by atoms with E-state index in [1.165, 1.54) is 4.57 Å². The zero-order chi connectivity index (χ0) is 14.7. The van der Waals surface area contributed by atoms with E-state index in [4.69, 9.17) is 0 Å². The number of fused-ring (bicyclic) bond motifs is 4. The SMILES string of the molecule is Cc1cc2nc3n(c(=O)c2cc1C)-c1ccccc1C3=O. The van der Waals surface area contributed by atoms with Gasteiger partial charge in [0, 0.05) is 0 Å². The van der Waals surface area contributed by atoms with Gasteiger partial charge in [-0.3, -0.25) is 14.2 Å². The van der Waals surface area contributed by atoms with E-state index in [9.17, 15) is 9.59 Å². The average Bonchev–Trinajstić information content (AvgIpc) is 2.76. The molecule has 2 heterocycles. The summed E-state index contributed by atoms with van der Waals surface area (Å²) < 4.78 is 1.43. The molecule has 3 aromatic rings. The van der Waals surface area contributed by atoms with Crippen molar-refractivity contribution in [2.75, 3.05) is 0 Å². The molecule has 0 saturated heterocycles. The lowest BCUT2D eigenvalue weighted by atomic mass is 10.1. The Morgan fingerprint density at radius 3 is 2.52 bits per heavy atom. The van der Waals surface area contributed by atoms with E-state index < -0.39 is 0 Å². The number of para-hydroxylation sites is 1. The quantitative estimate of drug-likeness (QED) is 0.496. The molecular weight excluding hydrogens is 264 g/mol. The topological polar surface area (TPSA) is 52.0 Å². The van der Waals surface area contributed by atoms with Crippen molar-refractivity contribution < 1.29 is 4.79 Å². The summed E-state index contributed by atoms with van der Waals surface area (Å²) >= 11 is 0. The Hall–Kier alpha value is -2.75. The normalized spacial score (nSPS) is 12.6. The van der Waals surface area contributed by atoms with Crippen molar-refractivity contribution >= 4 is 16.7 Å². The fraction of sp³-hybridized carbons (Fsp3) is 0.118. The highest BCUT2D eigenvalue weighted by Crippen LogP contribution is 2.26. The van der Waals surface area contributed by atoms with Crippen LogP contribution < -0.4 is 5.56 Å². The maximum Gasteiger partial charge on any atom is 0.266 e. The number of carbonyl (C=O) groups excluding carboxylic acids is 1. The fourth-order valence-electron chi connectivity index (χ4n) is 2.80. The Kier molecular flexibility index (Phi) is 2.22. The van der Waals surface area contributed by atoms with Gasteiger partial charge in [-0.1, -0.05) is 12.1 Å². The number of nitrogens with zero attached hydrogens (tertiary/aromatic N) is 2. The average molecular weight is 276 g/mol. The first-order valence-electron chi connectivity index (χ1n) is 6.76. The standard InChI is InChI=1S/C17H12N2O2/c1-9-7-12-13(8-10(9)2)18-16-15(20)11-5-3-4-6-14(11)19(16)17(12)21/h3-8H,1-2H3. The van der Waals surface area contributed by atoms with Gasteiger partial charge in [-0.25, -0.2) is 4.98 Å². The lowest BCUT2D eigenvalue weighted by Crippen LogP contribution is -2.21. The molecule has 0 fully saturated rings. The first-order valence-corrected chi connectivity index (χ1v) is 6.76. The van der Waals surface area contributed by atoms with Crippen molar-refractivity contribution in [3.63, 3.8) is 0 Å². The van der Waals surface area contributed by atoms with Crippen LogP contribution in [0.15, 0.2) is 41.2 Å². The molecule has 0 aliphatic carbocycles. The summed E-state index contributed by atoms with van der Waals surface area (Å²) in [6.07, 6.45) is 0. The van der Waals surface area contributed by atoms with Gasteiger partial charge in [0.1, 0.15) is 0 Å². The molecule has 102 valence electrons. The maximum absolute atomic E-state index is 12.8. The van der Waals surface area contributed by atoms with E-state index in [-0.39, 0.29) is 17.2 Å². The molecule has 1 aromatic heterocycles. The number of carbonyl (C=O) groups is 1. The monoisotopic (exact) mass is 276 g/mol. The zero-order valence-electron chi connectivity index (χ0n) is 11.7. The molecule has 21 heavy (non-hydrogen) atoms. The van der Waals surface area contributed by atoms with Crippen molar-refractivity contribution in [3.05, 3.63) is 69.3 Å². The third kappa shape index (κ3) is 1.47. The summed E-state index contributed by atoms with van der Waals surface area (Å²) in [6, 6.07) is 10.8. The Balaban J connectivity index is 2.20. The van der Waals surface area contributed by atoms with Crippen LogP contribution in [0, 0.1) is 13.8 Å². The molecule has 0 amide bonds. The first-order chi connectivity index (χ1) is 10.1. The fourth-order valence-corrected chi connectivity index (χ4v) is 2.80. The number of hydrogen-bond donors (Lipinski definition) is 0. The van der Waals surface area contributed by atoms with Crippen LogP contribution in [-0.4, -0.2) is 15.3 Å². The molecule has 1 aliphatic heterocycles. The van der Waals surface area contributed by atoms with Gasteiger partial charge in [-0.15, -0.1) is 0 Å². The van der Waals surface area contributed by atoms with Crippen molar-refractivity contribution in [3.8, 4) is 5.69 Å². The minimum Gasteiger partial charge on any atom is -0.285 e. The first kappa shape index (κ1) is 12.0. The van der Waals surface area contributed by atoms with E-state index in [1.54, 1.807) is 18.2 Å². The third-order valence-corrected chi connectivity index (χ3v) is 4.08. The van der Waals surface area contributed by atoms with E-state index in [0.29, 0.717) is 22.2 Å². The molecule has 0 spiro atoms. The van der Waals surface area contributed by atoms with Gasteiger partial charge < -0.3 is 0 Å². The molecule has 4 rings (SSSR count). The second kappa shape index (κ2) is 3.88. The van der Waals surface area contributed by atoms with Crippen LogP contribution in [0.1, 0.15) is 27.3 Å². The molecule has 0 N–H and O–H groups in total. The van der Waals surface area contributed by atoms with Crippen LogP contribution >= 0.6 is 0 Å². The van der Waals surface area contributed by atoms with Crippen LogP contribution in [0.5, 0.6) is 0 Å². The van der Waals surface area contributed by atoms with Gasteiger partial charge in [0.05, 0.1) is 22.2 Å². The molecule has 4 heteroatoms. The number of aryl methyl sites for hydroxylation is 2. The summed E-state index contributed by atoms with van der Waals surface area (Å²) in [5.41, 5.74) is 3.65. The van der Waals surface area contributed by atoms with Crippen LogP contribution in [0.25, 0.3) is 16.6 Å². The summed E-state index contributed by atoms with van der Waals surface area (Å²) in [4.78, 5) is 29.6. The zero-order valence-corrected chi connectivity index (χ0v) is 11.7. The van der Waals surface area contributed by atoms with E-state index in [1.807, 2.05) is 32.0 Å². The third-order valence-electron chi connectivity index (χ3n) is 4.08. The summed E-state index contributed by atoms with van der Waals surface area (Å²) in [6.45, 7) is 3.93. The highest BCUT2D eigenvalue weighted by atomic mass is 16.1. The Morgan fingerprint density at radius 2 is 1.71 bits per heavy atom. The highest BCUT2D eigenvalue weighted by molar-refractivity contribution is 6.13. The molecular formula is C17H12N2O2. The van der Waals surface area contributed by atoms with Crippen LogP contribution in [0.2, 0.25) is 0 Å². The molecule has 2 aromatic carbocycles. The molecule has 0 saturated carbocycles. The molecule has 0 atom stereocenters. The predicted molar refractivity (Wildman–Crippen MR) is 80.2 cm³/mol. The molecule has 0 unspecified atom stereocenters. The van der Waals surface area contributed by atoms with Crippen molar-refractivity contribution in [1.29, 1.82) is 0 Å². The van der Waals surface area contributed by atoms with Gasteiger partial charge in [0.25, 0.3) is 5.56 Å². The molecule has 1 aliphatic rings. The molecule has 4 nitrogen and oxygen atoms in total. The van der Waals surface area contributed by atoms with Gasteiger partial charge >= 0.3 is 0 Å². The summed E-state index contributed by atoms with van der Waals surface area (Å²) in [7, 11) is 0. The van der Waals surface area contributed by atoms with Gasteiger partial charge in [-0.2, -0.15) is 0 Å². The van der Waals surface area contributed by atoms with Crippen molar-refractivity contribution in [2.45, 2.75) is 13.8 Å². The number of rotatable bonds is 0. The van der Waals surface area contributed by atoms with Gasteiger partial charge in [0.15, 0.2) is 5.82 Å². The van der Waals surface area contributed by atoms with E-state index in [2.05, 4.69) is 4.98 Å². The molecule has 0 bridgehead atoms. The van der Waals surface area contributed by atoms with E-state index >= 15 is 0 Å². The second-order valence-electron chi connectivity index (χ2n) is 5.38. The summed E-state index contributed by atoms with van der Waals surface area (Å²) in [5, 5.41) is 0.548. The Labute approximate surface area is 120 Å². The summed E-state index contributed by atoms with van der Waals surface area (Å²) in [5.74, 6) is 0.0137. The number of aromatic nitrogens is 2. The lowest BCUT2D eigenvalue weighted by Gasteiger charge is -2.07. The predicted octanol–water partition coefficient (Wildman–Crippen LogP) is 2.55. The van der Waals surface area contributed by atoms with E-state index in [0.717, 1.165) is 11.1 Å². The second-order valence-corrected chi connectivity index (χ2v) is 5.38. The minimum absolute atomic E-state index is 0.184. The number of benzene rings is 2. The number of ketones is 1. The highest BCUT2D eigenvalue weighted by Gasteiger charge is 2.29. The Morgan fingerprint density at radius 1 is 1.00 bits per heavy atom. The lowest BCUT2D eigenvalue weighted by molar-refractivity contribution is 0.103. The van der Waals surface area contributed by atoms with Crippen molar-refractivity contribution in [1.82, 2.24) is 9.55 Å². The maximum atomic E-state index is 12.8. The Bertz CT molecular complexity index is 1000. The number of hydrogen-bond acceptors (Lipinski definition) is 3.